The van der Waals surface area contributed by atoms with Crippen LogP contribution >= 0.6 is 35.3 Å². The van der Waals surface area contributed by atoms with E-state index in [-0.39, 0.29) is 29.5 Å². The highest BCUT2D eigenvalue weighted by Gasteiger charge is 2.35. The maximum atomic E-state index is 5.57. The average Bonchev–Trinajstić information content (AvgIpc) is 3.21. The summed E-state index contributed by atoms with van der Waals surface area (Å²) in [5.74, 6) is 0.923. The number of thiophene rings is 1. The summed E-state index contributed by atoms with van der Waals surface area (Å²) in [7, 11) is 6.20. The van der Waals surface area contributed by atoms with Crippen molar-refractivity contribution in [3.8, 4) is 0 Å². The van der Waals surface area contributed by atoms with Crippen molar-refractivity contribution in [2.24, 2.45) is 4.99 Å². The fourth-order valence-electron chi connectivity index (χ4n) is 3.86. The van der Waals surface area contributed by atoms with Gasteiger partial charge in [0.05, 0.1) is 5.00 Å². The van der Waals surface area contributed by atoms with Crippen LogP contribution in [0.1, 0.15) is 25.7 Å². The Hall–Kier alpha value is -0.580. The molecule has 0 spiro atoms. The molecule has 2 aliphatic rings. The first-order valence-electron chi connectivity index (χ1n) is 9.64. The zero-order chi connectivity index (χ0) is 18.4. The lowest BCUT2D eigenvalue weighted by Crippen LogP contribution is -2.58. The van der Waals surface area contributed by atoms with Crippen LogP contribution in [0.5, 0.6) is 0 Å². The topological polar surface area (TPSA) is 52.1 Å². The van der Waals surface area contributed by atoms with Crippen LogP contribution in [0, 0.1) is 0 Å². The molecule has 0 aliphatic carbocycles. The van der Waals surface area contributed by atoms with E-state index in [9.17, 15) is 0 Å². The van der Waals surface area contributed by atoms with Crippen LogP contribution in [0.15, 0.2) is 22.5 Å². The summed E-state index contributed by atoms with van der Waals surface area (Å²) in [6.07, 6.45) is 4.41. The van der Waals surface area contributed by atoms with E-state index in [1.807, 2.05) is 18.4 Å². The zero-order valence-corrected chi connectivity index (χ0v) is 19.9. The molecular formula is C19H34IN5OS. The fraction of sp³-hybridized carbons (Fsp3) is 0.737. The predicted octanol–water partition coefficient (Wildman–Crippen LogP) is 2.61. The molecule has 8 heteroatoms. The van der Waals surface area contributed by atoms with Gasteiger partial charge in [-0.25, -0.2) is 0 Å². The number of rotatable bonds is 5. The van der Waals surface area contributed by atoms with Crippen LogP contribution in [0.2, 0.25) is 0 Å². The number of guanidine groups is 1. The average molecular weight is 507 g/mol. The number of hydrogen-bond donors (Lipinski definition) is 2. The number of nitrogens with zero attached hydrogens (tertiary/aromatic N) is 3. The van der Waals surface area contributed by atoms with Gasteiger partial charge in [0.1, 0.15) is 0 Å². The summed E-state index contributed by atoms with van der Waals surface area (Å²) < 4.78 is 5.57. The number of halogens is 1. The molecule has 0 amide bonds. The molecule has 3 rings (SSSR count). The van der Waals surface area contributed by atoms with Crippen molar-refractivity contribution < 1.29 is 4.74 Å². The van der Waals surface area contributed by atoms with Crippen LogP contribution in [0.4, 0.5) is 5.00 Å². The summed E-state index contributed by atoms with van der Waals surface area (Å²) in [5.41, 5.74) is 0.151. The molecule has 2 N–H and O–H groups in total. The van der Waals surface area contributed by atoms with E-state index >= 15 is 0 Å². The summed E-state index contributed by atoms with van der Waals surface area (Å²) >= 11 is 1.83. The summed E-state index contributed by atoms with van der Waals surface area (Å²) in [4.78, 5) is 9.29. The van der Waals surface area contributed by atoms with Crippen molar-refractivity contribution in [2.45, 2.75) is 37.3 Å². The van der Waals surface area contributed by atoms with E-state index in [2.05, 4.69) is 57.0 Å². The van der Waals surface area contributed by atoms with Crippen molar-refractivity contribution in [2.75, 3.05) is 58.9 Å². The normalized spacial score (nSPS) is 21.0. The van der Waals surface area contributed by atoms with Crippen LogP contribution in [-0.4, -0.2) is 76.4 Å². The highest BCUT2D eigenvalue weighted by molar-refractivity contribution is 14.0. The molecule has 154 valence electrons. The minimum Gasteiger partial charge on any atom is -0.381 e. The van der Waals surface area contributed by atoms with E-state index in [0.29, 0.717) is 6.04 Å². The molecule has 0 aromatic carbocycles. The van der Waals surface area contributed by atoms with E-state index in [1.165, 1.54) is 5.00 Å². The number of piperidine rings is 1. The maximum absolute atomic E-state index is 5.57. The van der Waals surface area contributed by atoms with E-state index in [0.717, 1.165) is 64.5 Å². The number of hydrogen-bond acceptors (Lipinski definition) is 5. The second kappa shape index (κ2) is 10.8. The minimum atomic E-state index is 0. The van der Waals surface area contributed by atoms with Gasteiger partial charge in [-0.2, -0.15) is 0 Å². The SMILES string of the molecule is CN=C(NCC1(N(C)C)CCOCC1)NC1CCN(c2cccs2)CC1.I. The number of ether oxygens (including phenoxy) is 1. The van der Waals surface area contributed by atoms with Gasteiger partial charge in [0.25, 0.3) is 0 Å². The molecule has 0 bridgehead atoms. The Labute approximate surface area is 184 Å². The molecule has 1 aromatic heterocycles. The third kappa shape index (κ3) is 5.95. The van der Waals surface area contributed by atoms with Crippen LogP contribution in [0.25, 0.3) is 0 Å². The summed E-state index contributed by atoms with van der Waals surface area (Å²) in [6, 6.07) is 4.84. The lowest BCUT2D eigenvalue weighted by atomic mass is 9.88. The van der Waals surface area contributed by atoms with Gasteiger partial charge in [-0.15, -0.1) is 35.3 Å². The Morgan fingerprint density at radius 3 is 2.59 bits per heavy atom. The molecule has 0 unspecified atom stereocenters. The van der Waals surface area contributed by atoms with Crippen molar-refractivity contribution in [1.29, 1.82) is 0 Å². The standard InChI is InChI=1S/C19H33N5OS.HI/c1-20-18(21-15-19(23(2)3)8-12-25-13-9-19)22-16-6-10-24(11-7-16)17-5-4-14-26-17;/h4-5,14,16H,6-13,15H2,1-3H3,(H2,20,21,22);1H. The Balaban J connectivity index is 0.00000261. The van der Waals surface area contributed by atoms with Gasteiger partial charge in [-0.05, 0) is 57.3 Å². The first kappa shape index (κ1) is 22.7. The Morgan fingerprint density at radius 1 is 1.33 bits per heavy atom. The van der Waals surface area contributed by atoms with Gasteiger partial charge in [0, 0.05) is 51.5 Å². The van der Waals surface area contributed by atoms with Crippen molar-refractivity contribution in [1.82, 2.24) is 15.5 Å². The molecule has 0 saturated carbocycles. The lowest BCUT2D eigenvalue weighted by molar-refractivity contribution is -0.00503. The quantitative estimate of drug-likeness (QED) is 0.365. The first-order valence-corrected chi connectivity index (χ1v) is 10.5. The first-order chi connectivity index (χ1) is 12.6. The fourth-order valence-corrected chi connectivity index (χ4v) is 4.65. The van der Waals surface area contributed by atoms with Crippen LogP contribution in [0.3, 0.4) is 0 Å². The lowest BCUT2D eigenvalue weighted by Gasteiger charge is -2.43. The van der Waals surface area contributed by atoms with Gasteiger partial charge in [-0.3, -0.25) is 4.99 Å². The van der Waals surface area contributed by atoms with Crippen LogP contribution < -0.4 is 15.5 Å². The second-order valence-corrected chi connectivity index (χ2v) is 8.44. The third-order valence-corrected chi connectivity index (χ3v) is 6.76. The van der Waals surface area contributed by atoms with E-state index < -0.39 is 0 Å². The predicted molar refractivity (Wildman–Crippen MR) is 126 cm³/mol. The molecule has 3 heterocycles. The Bertz CT molecular complexity index is 567. The smallest absolute Gasteiger partial charge is 0.191 e. The van der Waals surface area contributed by atoms with E-state index in [4.69, 9.17) is 4.74 Å². The largest absolute Gasteiger partial charge is 0.381 e. The number of aliphatic imine (C=N–C) groups is 1. The van der Waals surface area contributed by atoms with Gasteiger partial charge in [-0.1, -0.05) is 0 Å². The van der Waals surface area contributed by atoms with Gasteiger partial charge < -0.3 is 25.2 Å². The second-order valence-electron chi connectivity index (χ2n) is 7.51. The summed E-state index contributed by atoms with van der Waals surface area (Å²) in [5, 5.41) is 10.8. The third-order valence-electron chi connectivity index (χ3n) is 5.83. The van der Waals surface area contributed by atoms with Crippen molar-refractivity contribution in [3.05, 3.63) is 17.5 Å². The molecule has 27 heavy (non-hydrogen) atoms. The van der Waals surface area contributed by atoms with E-state index in [1.54, 1.807) is 0 Å². The zero-order valence-electron chi connectivity index (χ0n) is 16.7. The number of anilines is 1. The monoisotopic (exact) mass is 507 g/mol. The molecule has 6 nitrogen and oxygen atoms in total. The van der Waals surface area contributed by atoms with Crippen molar-refractivity contribution >= 4 is 46.3 Å². The van der Waals surface area contributed by atoms with Crippen LogP contribution in [-0.2, 0) is 4.74 Å². The molecule has 2 saturated heterocycles. The highest BCUT2D eigenvalue weighted by Crippen LogP contribution is 2.26. The maximum Gasteiger partial charge on any atom is 0.191 e. The highest BCUT2D eigenvalue weighted by atomic mass is 127. The minimum absolute atomic E-state index is 0. The number of likely N-dealkylation sites (N-methyl/N-ethyl adjacent to an activating group) is 1. The van der Waals surface area contributed by atoms with Crippen molar-refractivity contribution in [3.63, 3.8) is 0 Å². The number of nitrogens with one attached hydrogen (secondary N) is 2. The molecular weight excluding hydrogens is 473 g/mol. The van der Waals surface area contributed by atoms with Gasteiger partial charge in [0.2, 0.25) is 0 Å². The molecule has 2 fully saturated rings. The molecule has 0 radical (unpaired) electrons. The van der Waals surface area contributed by atoms with Gasteiger partial charge >= 0.3 is 0 Å². The molecule has 1 aromatic rings. The Kier molecular flexibility index (Phi) is 9.10. The molecule has 0 atom stereocenters. The molecule has 2 aliphatic heterocycles. The van der Waals surface area contributed by atoms with Gasteiger partial charge in [0.15, 0.2) is 5.96 Å². The summed E-state index contributed by atoms with van der Waals surface area (Å²) in [6.45, 7) is 4.79. The Morgan fingerprint density at radius 2 is 2.04 bits per heavy atom.